The largest absolute Gasteiger partial charge is 0.476 e. The van der Waals surface area contributed by atoms with Gasteiger partial charge >= 0.3 is 12.0 Å². The molecule has 11 nitrogen and oxygen atoms in total. The predicted molar refractivity (Wildman–Crippen MR) is 63.8 cm³/mol. The number of nitrogens with one attached hydrogen (secondary N) is 2. The number of hydrogen-bond acceptors (Lipinski definition) is 7. The predicted octanol–water partition coefficient (Wildman–Crippen LogP) is -1.02. The molecule has 2 aromatic heterocycles. The number of nitrogens with zero attached hydrogens (tertiary/aromatic N) is 6. The normalized spacial score (nSPS) is 10.0. The molecule has 0 atom stereocenters. The van der Waals surface area contributed by atoms with Crippen LogP contribution in [0, 0.1) is 0 Å². The average molecular weight is 278 g/mol. The monoisotopic (exact) mass is 278 g/mol. The van der Waals surface area contributed by atoms with Crippen LogP contribution in [0.5, 0.6) is 0 Å². The molecule has 0 aliphatic heterocycles. The second-order valence-corrected chi connectivity index (χ2v) is 3.52. The smallest absolute Gasteiger partial charge is 0.358 e. The maximum Gasteiger partial charge on any atom is 0.358 e. The Hall–Kier alpha value is -3.11. The van der Waals surface area contributed by atoms with Crippen molar-refractivity contribution in [3.8, 4) is 0 Å². The summed E-state index contributed by atoms with van der Waals surface area (Å²) in [5.74, 6) is -1.07. The lowest BCUT2D eigenvalue weighted by molar-refractivity contribution is 0.0690. The molecule has 2 aromatic rings. The number of carboxylic acid groups (broad SMARTS) is 1. The molecule has 0 saturated carbocycles. The first-order valence-electron chi connectivity index (χ1n) is 5.47. The van der Waals surface area contributed by atoms with Crippen molar-refractivity contribution in [2.75, 3.05) is 11.9 Å². The van der Waals surface area contributed by atoms with Crippen molar-refractivity contribution in [1.29, 1.82) is 0 Å². The van der Waals surface area contributed by atoms with E-state index in [0.717, 1.165) is 0 Å². The SMILES string of the molecule is O=C(NCCn1cc(C(=O)O)nn1)Nc1nccnn1. The third kappa shape index (κ3) is 3.69. The summed E-state index contributed by atoms with van der Waals surface area (Å²) in [6, 6.07) is -0.503. The number of urea groups is 1. The highest BCUT2D eigenvalue weighted by Gasteiger charge is 2.08. The van der Waals surface area contributed by atoms with Gasteiger partial charge in [-0.25, -0.2) is 19.3 Å². The molecular weight excluding hydrogens is 268 g/mol. The van der Waals surface area contributed by atoms with Gasteiger partial charge in [0, 0.05) is 6.54 Å². The van der Waals surface area contributed by atoms with Crippen LogP contribution in [0.25, 0.3) is 0 Å². The van der Waals surface area contributed by atoms with Gasteiger partial charge in [-0.1, -0.05) is 5.21 Å². The van der Waals surface area contributed by atoms with E-state index in [1.165, 1.54) is 23.3 Å². The van der Waals surface area contributed by atoms with Crippen molar-refractivity contribution in [3.63, 3.8) is 0 Å². The summed E-state index contributed by atoms with van der Waals surface area (Å²) < 4.78 is 1.31. The van der Waals surface area contributed by atoms with Gasteiger partial charge in [0.25, 0.3) is 5.95 Å². The number of carboxylic acids is 1. The number of hydrogen-bond donors (Lipinski definition) is 3. The maximum atomic E-state index is 11.4. The molecule has 20 heavy (non-hydrogen) atoms. The third-order valence-electron chi connectivity index (χ3n) is 2.09. The molecule has 0 fully saturated rings. The number of carbonyl (C=O) groups excluding carboxylic acids is 1. The van der Waals surface area contributed by atoms with Gasteiger partial charge in [0.1, 0.15) is 0 Å². The molecule has 0 radical (unpaired) electrons. The van der Waals surface area contributed by atoms with Gasteiger partial charge in [0.2, 0.25) is 0 Å². The van der Waals surface area contributed by atoms with E-state index < -0.39 is 12.0 Å². The molecule has 0 aliphatic rings. The number of carbonyl (C=O) groups is 2. The van der Waals surface area contributed by atoms with Gasteiger partial charge in [0.15, 0.2) is 5.69 Å². The molecule has 2 amide bonds. The quantitative estimate of drug-likeness (QED) is 0.629. The van der Waals surface area contributed by atoms with Crippen molar-refractivity contribution in [1.82, 2.24) is 35.5 Å². The maximum absolute atomic E-state index is 11.4. The molecule has 0 spiro atoms. The Balaban J connectivity index is 1.75. The van der Waals surface area contributed by atoms with E-state index in [1.807, 2.05) is 0 Å². The van der Waals surface area contributed by atoms with Crippen LogP contribution in [0.3, 0.4) is 0 Å². The van der Waals surface area contributed by atoms with Gasteiger partial charge < -0.3 is 10.4 Å². The highest BCUT2D eigenvalue weighted by atomic mass is 16.4. The van der Waals surface area contributed by atoms with Gasteiger partial charge in [0.05, 0.1) is 25.1 Å². The van der Waals surface area contributed by atoms with Crippen LogP contribution in [0.4, 0.5) is 10.7 Å². The van der Waals surface area contributed by atoms with Gasteiger partial charge in [-0.15, -0.1) is 10.2 Å². The van der Waals surface area contributed by atoms with Crippen LogP contribution < -0.4 is 10.6 Å². The zero-order chi connectivity index (χ0) is 14.4. The lowest BCUT2D eigenvalue weighted by Crippen LogP contribution is -2.32. The molecule has 11 heteroatoms. The number of anilines is 1. The minimum Gasteiger partial charge on any atom is -0.476 e. The molecule has 0 aromatic carbocycles. The first kappa shape index (κ1) is 13.3. The number of aromatic nitrogens is 6. The van der Waals surface area contributed by atoms with Crippen LogP contribution in [-0.2, 0) is 6.54 Å². The first-order valence-corrected chi connectivity index (χ1v) is 5.47. The van der Waals surface area contributed by atoms with Crippen LogP contribution in [0.2, 0.25) is 0 Å². The van der Waals surface area contributed by atoms with E-state index >= 15 is 0 Å². The number of amides is 2. The Morgan fingerprint density at radius 3 is 2.80 bits per heavy atom. The topological polar surface area (TPSA) is 148 Å². The van der Waals surface area contributed by atoms with Crippen LogP contribution >= 0.6 is 0 Å². The molecular formula is C9H10N8O3. The van der Waals surface area contributed by atoms with Gasteiger partial charge in [-0.05, 0) is 0 Å². The highest BCUT2D eigenvalue weighted by Crippen LogP contribution is 1.93. The second kappa shape index (κ2) is 6.17. The van der Waals surface area contributed by atoms with Gasteiger partial charge in [-0.2, -0.15) is 5.10 Å². The fraction of sp³-hybridized carbons (Fsp3) is 0.222. The van der Waals surface area contributed by atoms with Crippen LogP contribution in [-0.4, -0.2) is 53.8 Å². The van der Waals surface area contributed by atoms with Gasteiger partial charge in [-0.3, -0.25) is 5.32 Å². The fourth-order valence-corrected chi connectivity index (χ4v) is 1.24. The molecule has 0 aliphatic carbocycles. The molecule has 0 unspecified atom stereocenters. The Morgan fingerprint density at radius 1 is 1.30 bits per heavy atom. The van der Waals surface area contributed by atoms with Crippen molar-refractivity contribution in [2.24, 2.45) is 0 Å². The van der Waals surface area contributed by atoms with Crippen LogP contribution in [0.15, 0.2) is 18.6 Å². The Labute approximate surface area is 112 Å². The summed E-state index contributed by atoms with van der Waals surface area (Å²) in [4.78, 5) is 25.8. The summed E-state index contributed by atoms with van der Waals surface area (Å²) in [6.07, 6.45) is 4.05. The lowest BCUT2D eigenvalue weighted by Gasteiger charge is -2.05. The Kier molecular flexibility index (Phi) is 4.11. The van der Waals surface area contributed by atoms with Crippen molar-refractivity contribution in [2.45, 2.75) is 6.54 Å². The van der Waals surface area contributed by atoms with Crippen molar-refractivity contribution >= 4 is 17.9 Å². The summed E-state index contributed by atoms with van der Waals surface area (Å²) in [5.41, 5.74) is -0.154. The molecule has 3 N–H and O–H groups in total. The van der Waals surface area contributed by atoms with E-state index in [9.17, 15) is 9.59 Å². The number of aromatic carboxylic acids is 1. The minimum atomic E-state index is -1.16. The van der Waals surface area contributed by atoms with E-state index in [0.29, 0.717) is 0 Å². The summed E-state index contributed by atoms with van der Waals surface area (Å²) >= 11 is 0. The highest BCUT2D eigenvalue weighted by molar-refractivity contribution is 5.87. The second-order valence-electron chi connectivity index (χ2n) is 3.52. The Morgan fingerprint density at radius 2 is 2.15 bits per heavy atom. The minimum absolute atomic E-state index is 0.0823. The van der Waals surface area contributed by atoms with E-state index in [2.05, 4.69) is 36.1 Å². The first-order chi connectivity index (χ1) is 9.65. The molecule has 104 valence electrons. The molecule has 0 bridgehead atoms. The summed E-state index contributed by atoms with van der Waals surface area (Å²) in [5, 5.41) is 27.7. The van der Waals surface area contributed by atoms with E-state index in [1.54, 1.807) is 0 Å². The third-order valence-corrected chi connectivity index (χ3v) is 2.09. The summed E-state index contributed by atoms with van der Waals surface area (Å²) in [7, 11) is 0. The molecule has 0 saturated heterocycles. The standard InChI is InChI=1S/C9H10N8O3/c18-7(19)6-5-17(16-14-6)4-3-11-9(20)13-8-10-1-2-12-15-8/h1-2,5H,3-4H2,(H,18,19)(H2,10,11,13,15,20). The molecule has 2 rings (SSSR count). The zero-order valence-electron chi connectivity index (χ0n) is 10.1. The van der Waals surface area contributed by atoms with Crippen LogP contribution in [0.1, 0.15) is 10.5 Å². The van der Waals surface area contributed by atoms with E-state index in [-0.39, 0.29) is 24.7 Å². The fourth-order valence-electron chi connectivity index (χ4n) is 1.24. The number of rotatable bonds is 5. The molecule has 2 heterocycles. The Bertz CT molecular complexity index is 598. The van der Waals surface area contributed by atoms with E-state index in [4.69, 9.17) is 5.11 Å². The zero-order valence-corrected chi connectivity index (χ0v) is 10.1. The van der Waals surface area contributed by atoms with Crippen molar-refractivity contribution in [3.05, 3.63) is 24.3 Å². The average Bonchev–Trinajstić information content (AvgIpc) is 2.89. The van der Waals surface area contributed by atoms with Crippen molar-refractivity contribution < 1.29 is 14.7 Å². The lowest BCUT2D eigenvalue weighted by atomic mass is 10.5. The summed E-state index contributed by atoms with van der Waals surface area (Å²) in [6.45, 7) is 0.510.